The fourth-order valence-corrected chi connectivity index (χ4v) is 3.87. The first-order chi connectivity index (χ1) is 14.5. The van der Waals surface area contributed by atoms with Crippen LogP contribution in [0.1, 0.15) is 46.9 Å². The third-order valence-electron chi connectivity index (χ3n) is 5.54. The monoisotopic (exact) mass is 409 g/mol. The molecule has 0 aliphatic carbocycles. The summed E-state index contributed by atoms with van der Waals surface area (Å²) in [4.78, 5) is 29.5. The van der Waals surface area contributed by atoms with E-state index in [9.17, 15) is 9.59 Å². The highest BCUT2D eigenvalue weighted by Gasteiger charge is 2.25. The van der Waals surface area contributed by atoms with Crippen LogP contribution in [0.25, 0.3) is 0 Å². The molecule has 0 unspecified atom stereocenters. The summed E-state index contributed by atoms with van der Waals surface area (Å²) < 4.78 is 5.20. The van der Waals surface area contributed by atoms with E-state index in [0.29, 0.717) is 11.3 Å². The molecule has 160 valence electrons. The largest absolute Gasteiger partial charge is 0.497 e. The maximum Gasteiger partial charge on any atom is 0.255 e. The Hall–Kier alpha value is -3.02. The van der Waals surface area contributed by atoms with Gasteiger partial charge in [0, 0.05) is 44.0 Å². The number of amides is 2. The number of piperidine rings is 1. The minimum atomic E-state index is -0.0795. The Morgan fingerprint density at radius 2 is 1.87 bits per heavy atom. The van der Waals surface area contributed by atoms with E-state index in [1.54, 1.807) is 24.1 Å². The van der Waals surface area contributed by atoms with E-state index in [4.69, 9.17) is 4.74 Å². The van der Waals surface area contributed by atoms with Gasteiger partial charge in [-0.2, -0.15) is 0 Å². The average Bonchev–Trinajstić information content (AvgIpc) is 2.79. The van der Waals surface area contributed by atoms with Gasteiger partial charge in [-0.25, -0.2) is 0 Å². The van der Waals surface area contributed by atoms with Crippen molar-refractivity contribution in [2.45, 2.75) is 32.2 Å². The molecule has 0 atom stereocenters. The maximum atomic E-state index is 12.8. The zero-order valence-electron chi connectivity index (χ0n) is 18.1. The Labute approximate surface area is 178 Å². The molecule has 6 nitrogen and oxygen atoms in total. The number of hydrogen-bond acceptors (Lipinski definition) is 4. The Balaban J connectivity index is 1.62. The van der Waals surface area contributed by atoms with Crippen LogP contribution >= 0.6 is 0 Å². The summed E-state index contributed by atoms with van der Waals surface area (Å²) in [6.45, 7) is 4.40. The first kappa shape index (κ1) is 21.7. The van der Waals surface area contributed by atoms with Gasteiger partial charge in [-0.1, -0.05) is 25.1 Å². The summed E-state index contributed by atoms with van der Waals surface area (Å²) in [5, 5.41) is 3.13. The molecule has 0 saturated carbocycles. The predicted octanol–water partition coefficient (Wildman–Crippen LogP) is 3.58. The number of nitrogens with one attached hydrogen (secondary N) is 1. The summed E-state index contributed by atoms with van der Waals surface area (Å²) in [6, 6.07) is 15.1. The summed E-state index contributed by atoms with van der Waals surface area (Å²) in [5.41, 5.74) is 2.32. The van der Waals surface area contributed by atoms with Gasteiger partial charge in [0.1, 0.15) is 5.75 Å². The Morgan fingerprint density at radius 1 is 1.13 bits per heavy atom. The number of methoxy groups -OCH3 is 1. The lowest BCUT2D eigenvalue weighted by atomic mass is 10.0. The molecule has 1 fully saturated rings. The molecule has 1 aliphatic heterocycles. The second-order valence-electron chi connectivity index (χ2n) is 7.71. The minimum Gasteiger partial charge on any atom is -0.497 e. The summed E-state index contributed by atoms with van der Waals surface area (Å²) in [6.07, 6.45) is 2.61. The zero-order chi connectivity index (χ0) is 21.5. The van der Waals surface area contributed by atoms with Crippen molar-refractivity contribution in [3.05, 3.63) is 59.7 Å². The molecule has 6 heteroatoms. The molecule has 30 heavy (non-hydrogen) atoms. The molecule has 1 heterocycles. The maximum absolute atomic E-state index is 12.8. The molecule has 1 N–H and O–H groups in total. The topological polar surface area (TPSA) is 61.9 Å². The fraction of sp³-hybridized carbons (Fsp3) is 0.417. The summed E-state index contributed by atoms with van der Waals surface area (Å²) in [7, 11) is 3.44. The molecule has 2 aromatic carbocycles. The number of nitrogens with zero attached hydrogens (tertiary/aromatic N) is 2. The number of rotatable bonds is 7. The molecule has 0 aromatic heterocycles. The Kier molecular flexibility index (Phi) is 7.33. The van der Waals surface area contributed by atoms with E-state index in [2.05, 4.69) is 17.1 Å². The first-order valence-electron chi connectivity index (χ1n) is 10.6. The van der Waals surface area contributed by atoms with Crippen LogP contribution in [0.3, 0.4) is 0 Å². The number of ether oxygens (including phenoxy) is 1. The summed E-state index contributed by atoms with van der Waals surface area (Å²) >= 11 is 0. The van der Waals surface area contributed by atoms with Crippen LogP contribution in [0.2, 0.25) is 0 Å². The van der Waals surface area contributed by atoms with Crippen LogP contribution in [0, 0.1) is 0 Å². The molecule has 2 amide bonds. The van der Waals surface area contributed by atoms with Crippen LogP contribution in [0.4, 0.5) is 5.69 Å². The van der Waals surface area contributed by atoms with Crippen molar-refractivity contribution >= 4 is 17.5 Å². The zero-order valence-corrected chi connectivity index (χ0v) is 18.1. The average molecular weight is 410 g/mol. The van der Waals surface area contributed by atoms with E-state index in [-0.39, 0.29) is 17.9 Å². The lowest BCUT2D eigenvalue weighted by Gasteiger charge is -2.35. The van der Waals surface area contributed by atoms with Crippen LogP contribution in [0.15, 0.2) is 48.5 Å². The molecule has 2 aromatic rings. The molecule has 1 saturated heterocycles. The SMILES string of the molecule is CCCN(C)C(=O)c1ccccc1N1CCC(NC(=O)c2cccc(OC)c2)CC1. The van der Waals surface area contributed by atoms with Crippen molar-refractivity contribution in [2.24, 2.45) is 0 Å². The predicted molar refractivity (Wildman–Crippen MR) is 119 cm³/mol. The van der Waals surface area contributed by atoms with Crippen molar-refractivity contribution < 1.29 is 14.3 Å². The molecule has 3 rings (SSSR count). The van der Waals surface area contributed by atoms with Crippen LogP contribution < -0.4 is 15.0 Å². The third-order valence-corrected chi connectivity index (χ3v) is 5.54. The van der Waals surface area contributed by atoms with Crippen molar-refractivity contribution in [2.75, 3.05) is 38.7 Å². The van der Waals surface area contributed by atoms with E-state index < -0.39 is 0 Å². The van der Waals surface area contributed by atoms with E-state index in [1.165, 1.54) is 0 Å². The number of benzene rings is 2. The van der Waals surface area contributed by atoms with Gasteiger partial charge in [0.05, 0.1) is 12.7 Å². The van der Waals surface area contributed by atoms with Crippen molar-refractivity contribution in [1.82, 2.24) is 10.2 Å². The van der Waals surface area contributed by atoms with Crippen molar-refractivity contribution in [1.29, 1.82) is 0 Å². The molecule has 0 spiro atoms. The van der Waals surface area contributed by atoms with Gasteiger partial charge in [-0.15, -0.1) is 0 Å². The van der Waals surface area contributed by atoms with Gasteiger partial charge in [0.25, 0.3) is 11.8 Å². The highest BCUT2D eigenvalue weighted by molar-refractivity contribution is 5.99. The molecule has 0 bridgehead atoms. The second kappa shape index (κ2) is 10.1. The summed E-state index contributed by atoms with van der Waals surface area (Å²) in [5.74, 6) is 0.650. The lowest BCUT2D eigenvalue weighted by Crippen LogP contribution is -2.45. The van der Waals surface area contributed by atoms with Crippen LogP contribution in [0.5, 0.6) is 5.75 Å². The Bertz CT molecular complexity index is 876. The van der Waals surface area contributed by atoms with E-state index in [1.807, 2.05) is 43.4 Å². The highest BCUT2D eigenvalue weighted by Crippen LogP contribution is 2.25. The van der Waals surface area contributed by atoms with E-state index in [0.717, 1.165) is 50.1 Å². The first-order valence-corrected chi connectivity index (χ1v) is 10.6. The van der Waals surface area contributed by atoms with Crippen LogP contribution in [-0.4, -0.2) is 56.5 Å². The number of para-hydroxylation sites is 1. The van der Waals surface area contributed by atoms with Crippen LogP contribution in [-0.2, 0) is 0 Å². The van der Waals surface area contributed by atoms with Gasteiger partial charge in [-0.3, -0.25) is 9.59 Å². The fourth-order valence-electron chi connectivity index (χ4n) is 3.87. The molecule has 1 aliphatic rings. The van der Waals surface area contributed by atoms with Gasteiger partial charge in [0.15, 0.2) is 0 Å². The quantitative estimate of drug-likeness (QED) is 0.759. The van der Waals surface area contributed by atoms with Gasteiger partial charge in [0.2, 0.25) is 0 Å². The number of hydrogen-bond donors (Lipinski definition) is 1. The number of carbonyl (C=O) groups excluding carboxylic acids is 2. The van der Waals surface area contributed by atoms with Crippen molar-refractivity contribution in [3.8, 4) is 5.75 Å². The van der Waals surface area contributed by atoms with Gasteiger partial charge in [-0.05, 0) is 49.6 Å². The lowest BCUT2D eigenvalue weighted by molar-refractivity contribution is 0.0795. The molecule has 0 radical (unpaired) electrons. The minimum absolute atomic E-state index is 0.0564. The second-order valence-corrected chi connectivity index (χ2v) is 7.71. The van der Waals surface area contributed by atoms with E-state index >= 15 is 0 Å². The number of anilines is 1. The molecular weight excluding hydrogens is 378 g/mol. The third kappa shape index (κ3) is 5.12. The standard InChI is InChI=1S/C24H31N3O3/c1-4-14-26(2)24(29)21-10-5-6-11-22(21)27-15-12-19(13-16-27)25-23(28)18-8-7-9-20(17-18)30-3/h5-11,17,19H,4,12-16H2,1-3H3,(H,25,28). The van der Waals surface area contributed by atoms with Gasteiger partial charge < -0.3 is 19.9 Å². The van der Waals surface area contributed by atoms with Gasteiger partial charge >= 0.3 is 0 Å². The number of carbonyl (C=O) groups is 2. The highest BCUT2D eigenvalue weighted by atomic mass is 16.5. The Morgan fingerprint density at radius 3 is 2.57 bits per heavy atom. The molecular formula is C24H31N3O3. The normalized spacial score (nSPS) is 14.3. The smallest absolute Gasteiger partial charge is 0.255 e. The van der Waals surface area contributed by atoms with Crippen molar-refractivity contribution in [3.63, 3.8) is 0 Å².